The lowest BCUT2D eigenvalue weighted by Crippen LogP contribution is -1.91. The molecule has 0 aliphatic rings. The molecule has 0 fully saturated rings. The Balaban J connectivity index is 2.89. The summed E-state index contributed by atoms with van der Waals surface area (Å²) in [4.78, 5) is 4.07. The van der Waals surface area contributed by atoms with Gasteiger partial charge in [0.05, 0.1) is 4.47 Å². The van der Waals surface area contributed by atoms with Gasteiger partial charge in [-0.15, -0.1) is 0 Å². The SMILES string of the molecule is Cc1ccc2cnc(N)c(Br)c2c1. The van der Waals surface area contributed by atoms with E-state index >= 15 is 0 Å². The first-order chi connectivity index (χ1) is 6.18. The lowest BCUT2D eigenvalue weighted by Gasteiger charge is -2.03. The third kappa shape index (κ3) is 1.40. The Morgan fingerprint density at radius 3 is 2.92 bits per heavy atom. The van der Waals surface area contributed by atoms with E-state index in [0.29, 0.717) is 5.82 Å². The molecule has 1 aromatic heterocycles. The van der Waals surface area contributed by atoms with E-state index in [1.54, 1.807) is 6.20 Å². The molecule has 0 saturated carbocycles. The van der Waals surface area contributed by atoms with Gasteiger partial charge in [0.1, 0.15) is 5.82 Å². The predicted molar refractivity (Wildman–Crippen MR) is 58.6 cm³/mol. The second kappa shape index (κ2) is 3.00. The Bertz CT molecular complexity index is 460. The smallest absolute Gasteiger partial charge is 0.138 e. The lowest BCUT2D eigenvalue weighted by molar-refractivity contribution is 1.35. The Kier molecular flexibility index (Phi) is 1.96. The molecule has 1 heterocycles. The first kappa shape index (κ1) is 8.51. The van der Waals surface area contributed by atoms with E-state index in [0.717, 1.165) is 15.2 Å². The molecule has 0 unspecified atom stereocenters. The molecule has 2 rings (SSSR count). The molecule has 0 aliphatic heterocycles. The van der Waals surface area contributed by atoms with Gasteiger partial charge in [-0.1, -0.05) is 23.8 Å². The Morgan fingerprint density at radius 1 is 1.38 bits per heavy atom. The zero-order chi connectivity index (χ0) is 9.42. The van der Waals surface area contributed by atoms with Crippen molar-refractivity contribution < 1.29 is 0 Å². The molecule has 0 bridgehead atoms. The highest BCUT2D eigenvalue weighted by Crippen LogP contribution is 2.27. The van der Waals surface area contributed by atoms with Crippen molar-refractivity contribution in [3.8, 4) is 0 Å². The number of pyridine rings is 1. The minimum absolute atomic E-state index is 0.540. The molecule has 0 aliphatic carbocycles. The number of aryl methyl sites for hydroxylation is 1. The third-order valence-electron chi connectivity index (χ3n) is 2.01. The van der Waals surface area contributed by atoms with E-state index in [2.05, 4.69) is 40.0 Å². The van der Waals surface area contributed by atoms with Gasteiger partial charge in [0.25, 0.3) is 0 Å². The van der Waals surface area contributed by atoms with Crippen LogP contribution in [0.3, 0.4) is 0 Å². The Labute approximate surface area is 84.9 Å². The van der Waals surface area contributed by atoms with Gasteiger partial charge in [-0.3, -0.25) is 0 Å². The van der Waals surface area contributed by atoms with Crippen LogP contribution < -0.4 is 5.73 Å². The number of nitrogens with two attached hydrogens (primary N) is 1. The van der Waals surface area contributed by atoms with E-state index < -0.39 is 0 Å². The number of hydrogen-bond donors (Lipinski definition) is 1. The van der Waals surface area contributed by atoms with E-state index in [-0.39, 0.29) is 0 Å². The molecular weight excluding hydrogens is 228 g/mol. The van der Waals surface area contributed by atoms with Gasteiger partial charge >= 0.3 is 0 Å². The van der Waals surface area contributed by atoms with Crippen LogP contribution in [0.15, 0.2) is 28.9 Å². The van der Waals surface area contributed by atoms with Gasteiger partial charge in [-0.05, 0) is 22.9 Å². The van der Waals surface area contributed by atoms with Gasteiger partial charge < -0.3 is 5.73 Å². The number of nitrogens with zero attached hydrogens (tertiary/aromatic N) is 1. The summed E-state index contributed by atoms with van der Waals surface area (Å²) < 4.78 is 0.883. The molecule has 0 amide bonds. The van der Waals surface area contributed by atoms with Gasteiger partial charge in [-0.25, -0.2) is 4.98 Å². The minimum Gasteiger partial charge on any atom is -0.383 e. The maximum absolute atomic E-state index is 5.68. The van der Waals surface area contributed by atoms with Crippen molar-refractivity contribution in [1.29, 1.82) is 0 Å². The lowest BCUT2D eigenvalue weighted by atomic mass is 10.1. The predicted octanol–water partition coefficient (Wildman–Crippen LogP) is 2.89. The average Bonchev–Trinajstić information content (AvgIpc) is 2.12. The van der Waals surface area contributed by atoms with Crippen molar-refractivity contribution >= 4 is 32.5 Å². The second-order valence-electron chi connectivity index (χ2n) is 3.05. The number of anilines is 1. The van der Waals surface area contributed by atoms with Crippen LogP contribution >= 0.6 is 15.9 Å². The number of rotatable bonds is 0. The molecule has 0 radical (unpaired) electrons. The standard InChI is InChI=1S/C10H9BrN2/c1-6-2-3-7-5-13-10(12)9(11)8(7)4-6/h2-5H,1H3,(H2,12,13). The van der Waals surface area contributed by atoms with Gasteiger partial charge in [0.15, 0.2) is 0 Å². The largest absolute Gasteiger partial charge is 0.383 e. The molecule has 0 atom stereocenters. The summed E-state index contributed by atoms with van der Waals surface area (Å²) in [6.07, 6.45) is 1.79. The molecule has 66 valence electrons. The van der Waals surface area contributed by atoms with E-state index in [1.165, 1.54) is 5.56 Å². The number of aromatic nitrogens is 1. The van der Waals surface area contributed by atoms with Crippen LogP contribution in [0.5, 0.6) is 0 Å². The Morgan fingerprint density at radius 2 is 2.15 bits per heavy atom. The van der Waals surface area contributed by atoms with Crippen molar-refractivity contribution in [1.82, 2.24) is 4.98 Å². The summed E-state index contributed by atoms with van der Waals surface area (Å²) in [5.74, 6) is 0.540. The zero-order valence-electron chi connectivity index (χ0n) is 7.21. The van der Waals surface area contributed by atoms with Crippen molar-refractivity contribution in [3.05, 3.63) is 34.4 Å². The molecule has 0 saturated heterocycles. The Hall–Kier alpha value is -1.09. The fraction of sp³-hybridized carbons (Fsp3) is 0.100. The second-order valence-corrected chi connectivity index (χ2v) is 3.84. The van der Waals surface area contributed by atoms with Gasteiger partial charge in [-0.2, -0.15) is 0 Å². The summed E-state index contributed by atoms with van der Waals surface area (Å²) in [6, 6.07) is 6.20. The quantitative estimate of drug-likeness (QED) is 0.765. The number of fused-ring (bicyclic) bond motifs is 1. The molecule has 2 aromatic rings. The molecule has 13 heavy (non-hydrogen) atoms. The number of benzene rings is 1. The monoisotopic (exact) mass is 236 g/mol. The highest BCUT2D eigenvalue weighted by atomic mass is 79.9. The van der Waals surface area contributed by atoms with Crippen LogP contribution in [0.25, 0.3) is 10.8 Å². The van der Waals surface area contributed by atoms with Crippen LogP contribution in [-0.4, -0.2) is 4.98 Å². The average molecular weight is 237 g/mol. The van der Waals surface area contributed by atoms with E-state index in [4.69, 9.17) is 5.73 Å². The minimum atomic E-state index is 0.540. The summed E-state index contributed by atoms with van der Waals surface area (Å²) in [5.41, 5.74) is 6.90. The summed E-state index contributed by atoms with van der Waals surface area (Å²) >= 11 is 3.43. The fourth-order valence-electron chi connectivity index (χ4n) is 1.31. The normalized spacial score (nSPS) is 10.6. The van der Waals surface area contributed by atoms with Crippen molar-refractivity contribution in [2.45, 2.75) is 6.92 Å². The maximum Gasteiger partial charge on any atom is 0.138 e. The van der Waals surface area contributed by atoms with Crippen LogP contribution in [0.1, 0.15) is 5.56 Å². The van der Waals surface area contributed by atoms with Crippen LogP contribution in [-0.2, 0) is 0 Å². The molecule has 3 heteroatoms. The van der Waals surface area contributed by atoms with Crippen LogP contribution in [0.2, 0.25) is 0 Å². The van der Waals surface area contributed by atoms with E-state index in [1.807, 2.05) is 6.07 Å². The van der Waals surface area contributed by atoms with Crippen molar-refractivity contribution in [2.75, 3.05) is 5.73 Å². The molecule has 2 N–H and O–H groups in total. The maximum atomic E-state index is 5.68. The highest BCUT2D eigenvalue weighted by molar-refractivity contribution is 9.10. The summed E-state index contributed by atoms with van der Waals surface area (Å²) in [7, 11) is 0. The first-order valence-corrected chi connectivity index (χ1v) is 4.78. The summed E-state index contributed by atoms with van der Waals surface area (Å²) in [5, 5.41) is 2.22. The van der Waals surface area contributed by atoms with Crippen LogP contribution in [0, 0.1) is 6.92 Å². The van der Waals surface area contributed by atoms with E-state index in [9.17, 15) is 0 Å². The third-order valence-corrected chi connectivity index (χ3v) is 2.85. The molecular formula is C10H9BrN2. The van der Waals surface area contributed by atoms with Gasteiger partial charge in [0.2, 0.25) is 0 Å². The first-order valence-electron chi connectivity index (χ1n) is 3.99. The number of nitrogen functional groups attached to an aromatic ring is 1. The van der Waals surface area contributed by atoms with Crippen LogP contribution in [0.4, 0.5) is 5.82 Å². The van der Waals surface area contributed by atoms with Crippen molar-refractivity contribution in [2.24, 2.45) is 0 Å². The molecule has 0 spiro atoms. The number of hydrogen-bond acceptors (Lipinski definition) is 2. The van der Waals surface area contributed by atoms with Gasteiger partial charge in [0, 0.05) is 17.0 Å². The highest BCUT2D eigenvalue weighted by Gasteiger charge is 2.02. The molecule has 2 nitrogen and oxygen atoms in total. The molecule has 1 aromatic carbocycles. The summed E-state index contributed by atoms with van der Waals surface area (Å²) in [6.45, 7) is 2.06. The zero-order valence-corrected chi connectivity index (χ0v) is 8.80. The topological polar surface area (TPSA) is 38.9 Å². The fourth-order valence-corrected chi connectivity index (χ4v) is 1.75. The number of halogens is 1. The van der Waals surface area contributed by atoms with Crippen molar-refractivity contribution in [3.63, 3.8) is 0 Å².